The highest BCUT2D eigenvalue weighted by Gasteiger charge is 1.99. The molecule has 0 aliphatic heterocycles. The summed E-state index contributed by atoms with van der Waals surface area (Å²) in [6.45, 7) is 2.72. The molecule has 0 atom stereocenters. The van der Waals surface area contributed by atoms with Gasteiger partial charge in [-0.25, -0.2) is 0 Å². The molecule has 0 saturated heterocycles. The Hall–Kier alpha value is -1.60. The third-order valence-electron chi connectivity index (χ3n) is 2.61. The van der Waals surface area contributed by atoms with E-state index >= 15 is 0 Å². The average Bonchev–Trinajstić information content (AvgIpc) is 2.29. The van der Waals surface area contributed by atoms with E-state index in [2.05, 4.69) is 49.4 Å². The van der Waals surface area contributed by atoms with Gasteiger partial charge in [0.1, 0.15) is 0 Å². The van der Waals surface area contributed by atoms with Gasteiger partial charge in [-0.2, -0.15) is 0 Å². The van der Waals surface area contributed by atoms with Gasteiger partial charge in [0.05, 0.1) is 0 Å². The van der Waals surface area contributed by atoms with Crippen molar-refractivity contribution in [2.75, 3.05) is 6.54 Å². The Morgan fingerprint density at radius 3 is 2.53 bits per heavy atom. The highest BCUT2D eigenvalue weighted by Crippen LogP contribution is 2.23. The quantitative estimate of drug-likeness (QED) is 0.786. The van der Waals surface area contributed by atoms with Gasteiger partial charge in [0.15, 0.2) is 0 Å². The van der Waals surface area contributed by atoms with E-state index in [-0.39, 0.29) is 0 Å². The zero-order chi connectivity index (χ0) is 10.7. The number of rotatable bonds is 2. The van der Waals surface area contributed by atoms with Crippen LogP contribution < -0.4 is 5.73 Å². The third-order valence-corrected chi connectivity index (χ3v) is 2.61. The number of benzene rings is 2. The van der Waals surface area contributed by atoms with Crippen molar-refractivity contribution in [1.82, 2.24) is 0 Å². The monoisotopic (exact) mass is 197 g/mol. The number of nitrogens with two attached hydrogens (primary N) is 1. The maximum atomic E-state index is 5.46. The van der Waals surface area contributed by atoms with Crippen molar-refractivity contribution in [1.29, 1.82) is 0 Å². The van der Waals surface area contributed by atoms with Crippen molar-refractivity contribution in [2.24, 2.45) is 5.73 Å². The SMILES string of the molecule is Cc1ccc(C=CCN)c2ccccc12. The molecule has 2 aromatic rings. The topological polar surface area (TPSA) is 26.0 Å². The lowest BCUT2D eigenvalue weighted by Gasteiger charge is -2.05. The fourth-order valence-corrected chi connectivity index (χ4v) is 1.81. The van der Waals surface area contributed by atoms with Gasteiger partial charge in [0.25, 0.3) is 0 Å². The Kier molecular flexibility index (Phi) is 2.84. The second-order valence-electron chi connectivity index (χ2n) is 3.66. The molecule has 2 aromatic carbocycles. The van der Waals surface area contributed by atoms with Crippen LogP contribution in [0.25, 0.3) is 16.8 Å². The molecule has 0 aliphatic rings. The van der Waals surface area contributed by atoms with Gasteiger partial charge in [-0.15, -0.1) is 0 Å². The van der Waals surface area contributed by atoms with Crippen LogP contribution in [0.15, 0.2) is 42.5 Å². The highest BCUT2D eigenvalue weighted by molar-refractivity contribution is 5.92. The lowest BCUT2D eigenvalue weighted by Crippen LogP contribution is -1.92. The molecule has 15 heavy (non-hydrogen) atoms. The van der Waals surface area contributed by atoms with Crippen LogP contribution in [0.5, 0.6) is 0 Å². The Morgan fingerprint density at radius 1 is 1.07 bits per heavy atom. The van der Waals surface area contributed by atoms with E-state index in [0.717, 1.165) is 0 Å². The van der Waals surface area contributed by atoms with Gasteiger partial charge in [-0.1, -0.05) is 48.6 Å². The van der Waals surface area contributed by atoms with Gasteiger partial charge in [-0.05, 0) is 28.8 Å². The molecule has 0 amide bonds. The predicted molar refractivity (Wildman–Crippen MR) is 66.8 cm³/mol. The molecule has 0 saturated carbocycles. The molecular weight excluding hydrogens is 182 g/mol. The maximum Gasteiger partial charge on any atom is 0.0110 e. The molecule has 76 valence electrons. The average molecular weight is 197 g/mol. The highest BCUT2D eigenvalue weighted by atomic mass is 14.5. The molecule has 0 spiro atoms. The summed E-state index contributed by atoms with van der Waals surface area (Å²) in [7, 11) is 0. The van der Waals surface area contributed by atoms with E-state index in [1.165, 1.54) is 21.9 Å². The molecule has 0 aromatic heterocycles. The second kappa shape index (κ2) is 4.28. The largest absolute Gasteiger partial charge is 0.327 e. The van der Waals surface area contributed by atoms with Crippen molar-refractivity contribution in [2.45, 2.75) is 6.92 Å². The van der Waals surface area contributed by atoms with Crippen molar-refractivity contribution < 1.29 is 0 Å². The number of aryl methyl sites for hydroxylation is 1. The van der Waals surface area contributed by atoms with Crippen LogP contribution in [0.1, 0.15) is 11.1 Å². The van der Waals surface area contributed by atoms with Crippen LogP contribution in [0.4, 0.5) is 0 Å². The molecule has 2 rings (SSSR count). The first kappa shape index (κ1) is 9.94. The molecule has 0 aliphatic carbocycles. The summed E-state index contributed by atoms with van der Waals surface area (Å²) < 4.78 is 0. The fraction of sp³-hybridized carbons (Fsp3) is 0.143. The van der Waals surface area contributed by atoms with Gasteiger partial charge < -0.3 is 5.73 Å². The number of hydrogen-bond acceptors (Lipinski definition) is 1. The Labute approximate surface area is 90.2 Å². The number of fused-ring (bicyclic) bond motifs is 1. The minimum atomic E-state index is 0.586. The van der Waals surface area contributed by atoms with Crippen LogP contribution in [0, 0.1) is 6.92 Å². The first-order valence-electron chi connectivity index (χ1n) is 5.18. The van der Waals surface area contributed by atoms with E-state index in [0.29, 0.717) is 6.54 Å². The Bertz CT molecular complexity index is 498. The molecule has 0 radical (unpaired) electrons. The lowest BCUT2D eigenvalue weighted by molar-refractivity contribution is 1.26. The zero-order valence-electron chi connectivity index (χ0n) is 8.90. The van der Waals surface area contributed by atoms with Crippen LogP contribution in [-0.2, 0) is 0 Å². The van der Waals surface area contributed by atoms with Gasteiger partial charge >= 0.3 is 0 Å². The molecule has 2 N–H and O–H groups in total. The van der Waals surface area contributed by atoms with Gasteiger partial charge in [0.2, 0.25) is 0 Å². The van der Waals surface area contributed by atoms with E-state index in [1.54, 1.807) is 0 Å². The molecule has 1 nitrogen and oxygen atoms in total. The lowest BCUT2D eigenvalue weighted by atomic mass is 10.00. The van der Waals surface area contributed by atoms with Crippen LogP contribution in [-0.4, -0.2) is 6.54 Å². The van der Waals surface area contributed by atoms with Crippen molar-refractivity contribution in [3.05, 3.63) is 53.6 Å². The third kappa shape index (κ3) is 1.92. The summed E-state index contributed by atoms with van der Waals surface area (Å²) in [5, 5.41) is 2.61. The molecular formula is C14H15N. The van der Waals surface area contributed by atoms with Crippen LogP contribution in [0.2, 0.25) is 0 Å². The van der Waals surface area contributed by atoms with Crippen LogP contribution in [0.3, 0.4) is 0 Å². The van der Waals surface area contributed by atoms with Gasteiger partial charge in [-0.3, -0.25) is 0 Å². The minimum absolute atomic E-state index is 0.586. The minimum Gasteiger partial charge on any atom is -0.327 e. The van der Waals surface area contributed by atoms with Crippen molar-refractivity contribution in [3.8, 4) is 0 Å². The summed E-state index contributed by atoms with van der Waals surface area (Å²) in [5.41, 5.74) is 8.02. The molecule has 1 heteroatoms. The zero-order valence-corrected chi connectivity index (χ0v) is 8.90. The van der Waals surface area contributed by atoms with Crippen LogP contribution >= 0.6 is 0 Å². The molecule has 0 bridgehead atoms. The summed E-state index contributed by atoms with van der Waals surface area (Å²) >= 11 is 0. The smallest absolute Gasteiger partial charge is 0.0110 e. The first-order chi connectivity index (χ1) is 7.33. The standard InChI is InChI=1S/C14H15N/c1-11-8-9-12(5-4-10-15)14-7-3-2-6-13(11)14/h2-9H,10,15H2,1H3. The molecule has 0 unspecified atom stereocenters. The van der Waals surface area contributed by atoms with E-state index in [9.17, 15) is 0 Å². The molecule has 0 heterocycles. The number of hydrogen-bond donors (Lipinski definition) is 1. The predicted octanol–water partition coefficient (Wildman–Crippen LogP) is 3.12. The van der Waals surface area contributed by atoms with E-state index in [1.807, 2.05) is 6.08 Å². The van der Waals surface area contributed by atoms with Crippen molar-refractivity contribution in [3.63, 3.8) is 0 Å². The van der Waals surface area contributed by atoms with E-state index in [4.69, 9.17) is 5.73 Å². The fourth-order valence-electron chi connectivity index (χ4n) is 1.81. The Balaban J connectivity index is 2.66. The van der Waals surface area contributed by atoms with Crippen molar-refractivity contribution >= 4 is 16.8 Å². The molecule has 0 fully saturated rings. The normalized spacial score (nSPS) is 11.3. The summed E-state index contributed by atoms with van der Waals surface area (Å²) in [5.74, 6) is 0. The summed E-state index contributed by atoms with van der Waals surface area (Å²) in [6.07, 6.45) is 4.07. The second-order valence-corrected chi connectivity index (χ2v) is 3.66. The van der Waals surface area contributed by atoms with Gasteiger partial charge in [0, 0.05) is 6.54 Å². The summed E-state index contributed by atoms with van der Waals surface area (Å²) in [6, 6.07) is 12.7. The summed E-state index contributed by atoms with van der Waals surface area (Å²) in [4.78, 5) is 0. The Morgan fingerprint density at radius 2 is 1.80 bits per heavy atom. The maximum absolute atomic E-state index is 5.46. The van der Waals surface area contributed by atoms with E-state index < -0.39 is 0 Å². The first-order valence-corrected chi connectivity index (χ1v) is 5.18.